The lowest BCUT2D eigenvalue weighted by molar-refractivity contribution is 0.103. The second kappa shape index (κ2) is 12.6. The Bertz CT molecular complexity index is 1500. The summed E-state index contributed by atoms with van der Waals surface area (Å²) in [5.74, 6) is -2.85. The molecular formula is C30H24O10. The summed E-state index contributed by atoms with van der Waals surface area (Å²) in [4.78, 5) is 23.7. The van der Waals surface area contributed by atoms with E-state index >= 15 is 0 Å². The number of hydrogen-bond acceptors (Lipinski definition) is 10. The van der Waals surface area contributed by atoms with E-state index in [0.29, 0.717) is 11.1 Å². The number of benzene rings is 4. The molecule has 0 saturated carbocycles. The number of carbonyl (C=O) groups excluding carboxylic acids is 2. The Morgan fingerprint density at radius 1 is 0.425 bits per heavy atom. The van der Waals surface area contributed by atoms with Gasteiger partial charge in [0.25, 0.3) is 0 Å². The molecule has 8 N–H and O–H groups in total. The Morgan fingerprint density at radius 2 is 0.800 bits per heavy atom. The van der Waals surface area contributed by atoms with Crippen LogP contribution < -0.4 is 0 Å². The Balaban J connectivity index is 0.000000220. The van der Waals surface area contributed by atoms with E-state index in [0.717, 1.165) is 12.1 Å². The molecule has 204 valence electrons. The number of aromatic hydroxyl groups is 8. The fourth-order valence-electron chi connectivity index (χ4n) is 3.27. The smallest absolute Gasteiger partial charge is 0.189 e. The molecular weight excluding hydrogens is 520 g/mol. The molecule has 4 rings (SSSR count). The third kappa shape index (κ3) is 7.56. The molecule has 10 nitrogen and oxygen atoms in total. The van der Waals surface area contributed by atoms with Gasteiger partial charge in [-0.3, -0.25) is 9.59 Å². The normalized spacial score (nSPS) is 10.8. The highest BCUT2D eigenvalue weighted by Gasteiger charge is 2.10. The average Bonchev–Trinajstić information content (AvgIpc) is 2.90. The molecule has 40 heavy (non-hydrogen) atoms. The largest absolute Gasteiger partial charge is 0.508 e. The summed E-state index contributed by atoms with van der Waals surface area (Å²) >= 11 is 0. The fourth-order valence-corrected chi connectivity index (χ4v) is 3.27. The molecule has 0 amide bonds. The second-order valence-corrected chi connectivity index (χ2v) is 8.29. The number of ketones is 2. The SMILES string of the molecule is O=C(/C=C/c1ccc(O)c(O)c1)c1ccc(O)cc1O.O=C(/C=C/c1ccc(O)c(O)c1)c1ccc(O)cc1O. The topological polar surface area (TPSA) is 196 Å². The zero-order valence-electron chi connectivity index (χ0n) is 20.6. The summed E-state index contributed by atoms with van der Waals surface area (Å²) < 4.78 is 0. The van der Waals surface area contributed by atoms with Crippen LogP contribution in [0.5, 0.6) is 46.0 Å². The zero-order valence-corrected chi connectivity index (χ0v) is 20.6. The van der Waals surface area contributed by atoms with Gasteiger partial charge in [0.15, 0.2) is 34.6 Å². The second-order valence-electron chi connectivity index (χ2n) is 8.29. The van der Waals surface area contributed by atoms with E-state index in [-0.39, 0.29) is 57.1 Å². The van der Waals surface area contributed by atoms with Crippen molar-refractivity contribution in [3.63, 3.8) is 0 Å². The maximum Gasteiger partial charge on any atom is 0.189 e. The maximum absolute atomic E-state index is 11.9. The summed E-state index contributed by atoms with van der Waals surface area (Å²) in [6.45, 7) is 0. The number of phenolic OH excluding ortho intramolecular Hbond substituents is 8. The van der Waals surface area contributed by atoms with Crippen LogP contribution in [0.2, 0.25) is 0 Å². The third-order valence-corrected chi connectivity index (χ3v) is 5.35. The molecule has 0 saturated heterocycles. The van der Waals surface area contributed by atoms with Crippen molar-refractivity contribution in [2.75, 3.05) is 0 Å². The molecule has 4 aromatic carbocycles. The minimum Gasteiger partial charge on any atom is -0.508 e. The first kappa shape index (κ1) is 28.7. The molecule has 0 aliphatic carbocycles. The number of hydrogen-bond donors (Lipinski definition) is 8. The molecule has 4 aromatic rings. The van der Waals surface area contributed by atoms with Gasteiger partial charge in [-0.1, -0.05) is 24.3 Å². The molecule has 0 atom stereocenters. The first-order valence-corrected chi connectivity index (χ1v) is 11.5. The van der Waals surface area contributed by atoms with Gasteiger partial charge in [0.1, 0.15) is 23.0 Å². The van der Waals surface area contributed by atoms with Crippen LogP contribution >= 0.6 is 0 Å². The van der Waals surface area contributed by atoms with Crippen LogP contribution in [0.3, 0.4) is 0 Å². The average molecular weight is 545 g/mol. The van der Waals surface area contributed by atoms with Crippen molar-refractivity contribution in [3.05, 3.63) is 107 Å². The van der Waals surface area contributed by atoms with Crippen molar-refractivity contribution in [3.8, 4) is 46.0 Å². The quantitative estimate of drug-likeness (QED) is 0.0947. The van der Waals surface area contributed by atoms with Gasteiger partial charge in [-0.05, 0) is 71.8 Å². The molecule has 0 bridgehead atoms. The van der Waals surface area contributed by atoms with E-state index in [1.165, 1.54) is 85.0 Å². The lowest BCUT2D eigenvalue weighted by Gasteiger charge is -2.01. The summed E-state index contributed by atoms with van der Waals surface area (Å²) in [5, 5.41) is 74.4. The van der Waals surface area contributed by atoms with Crippen molar-refractivity contribution in [1.29, 1.82) is 0 Å². The standard InChI is InChI=1S/2C15H12O5/c2*16-10-3-4-11(14(19)8-10)12(17)5-1-9-2-6-13(18)15(20)7-9/h2*1-8,16,18-20H/b2*5-1+. The van der Waals surface area contributed by atoms with E-state index in [4.69, 9.17) is 20.4 Å². The van der Waals surface area contributed by atoms with Gasteiger partial charge in [0.2, 0.25) is 0 Å². The number of phenols is 8. The molecule has 0 heterocycles. The van der Waals surface area contributed by atoms with Crippen molar-refractivity contribution in [1.82, 2.24) is 0 Å². The summed E-state index contributed by atoms with van der Waals surface area (Å²) in [6, 6.07) is 15.6. The maximum atomic E-state index is 11.9. The summed E-state index contributed by atoms with van der Waals surface area (Å²) in [7, 11) is 0. The van der Waals surface area contributed by atoms with E-state index in [2.05, 4.69) is 0 Å². The molecule has 0 radical (unpaired) electrons. The molecule has 0 aliphatic rings. The lowest BCUT2D eigenvalue weighted by Crippen LogP contribution is -1.94. The number of carbonyl (C=O) groups is 2. The predicted molar refractivity (Wildman–Crippen MR) is 146 cm³/mol. The number of allylic oxidation sites excluding steroid dienone is 2. The Kier molecular flexibility index (Phi) is 9.01. The van der Waals surface area contributed by atoms with Crippen LogP contribution in [0.1, 0.15) is 31.8 Å². The highest BCUT2D eigenvalue weighted by Crippen LogP contribution is 2.28. The summed E-state index contributed by atoms with van der Waals surface area (Å²) in [5.41, 5.74) is 1.16. The van der Waals surface area contributed by atoms with E-state index < -0.39 is 11.6 Å². The van der Waals surface area contributed by atoms with Gasteiger partial charge in [-0.2, -0.15) is 0 Å². The van der Waals surface area contributed by atoms with Gasteiger partial charge in [0.05, 0.1) is 11.1 Å². The van der Waals surface area contributed by atoms with Crippen LogP contribution in [-0.4, -0.2) is 52.4 Å². The Hall–Kier alpha value is -5.90. The van der Waals surface area contributed by atoms with Gasteiger partial charge in [-0.25, -0.2) is 0 Å². The monoisotopic (exact) mass is 544 g/mol. The lowest BCUT2D eigenvalue weighted by atomic mass is 10.1. The molecule has 10 heteroatoms. The molecule has 0 unspecified atom stereocenters. The minimum absolute atomic E-state index is 0.0575. The molecule has 0 aromatic heterocycles. The van der Waals surface area contributed by atoms with E-state index in [1.807, 2.05) is 0 Å². The Morgan fingerprint density at radius 3 is 1.12 bits per heavy atom. The minimum atomic E-state index is -0.449. The fraction of sp³-hybridized carbons (Fsp3) is 0. The van der Waals surface area contributed by atoms with Crippen molar-refractivity contribution in [2.45, 2.75) is 0 Å². The predicted octanol–water partition coefficient (Wildman–Crippen LogP) is 4.81. The van der Waals surface area contributed by atoms with E-state index in [1.54, 1.807) is 0 Å². The van der Waals surface area contributed by atoms with Crippen molar-refractivity contribution in [2.24, 2.45) is 0 Å². The van der Waals surface area contributed by atoms with Gasteiger partial charge in [-0.15, -0.1) is 0 Å². The van der Waals surface area contributed by atoms with Gasteiger partial charge >= 0.3 is 0 Å². The third-order valence-electron chi connectivity index (χ3n) is 5.35. The van der Waals surface area contributed by atoms with E-state index in [9.17, 15) is 30.0 Å². The van der Waals surface area contributed by atoms with Crippen LogP contribution in [0.15, 0.2) is 84.9 Å². The van der Waals surface area contributed by atoms with Crippen molar-refractivity contribution >= 4 is 23.7 Å². The Labute approximate surface area is 227 Å². The first-order valence-electron chi connectivity index (χ1n) is 11.5. The molecule has 0 aliphatic heterocycles. The first-order chi connectivity index (χ1) is 18.9. The highest BCUT2D eigenvalue weighted by molar-refractivity contribution is 6.09. The highest BCUT2D eigenvalue weighted by atomic mass is 16.3. The van der Waals surface area contributed by atoms with Crippen molar-refractivity contribution < 1.29 is 50.4 Å². The number of rotatable bonds is 6. The van der Waals surface area contributed by atoms with Crippen LogP contribution in [0, 0.1) is 0 Å². The summed E-state index contributed by atoms with van der Waals surface area (Å²) in [6.07, 6.45) is 5.32. The van der Waals surface area contributed by atoms with Crippen LogP contribution in [-0.2, 0) is 0 Å². The molecule has 0 spiro atoms. The van der Waals surface area contributed by atoms with Gasteiger partial charge in [0, 0.05) is 12.1 Å². The van der Waals surface area contributed by atoms with Crippen LogP contribution in [0.25, 0.3) is 12.2 Å². The van der Waals surface area contributed by atoms with Crippen LogP contribution in [0.4, 0.5) is 0 Å². The molecule has 0 fully saturated rings. The zero-order chi connectivity index (χ0) is 29.4. The van der Waals surface area contributed by atoms with Gasteiger partial charge < -0.3 is 40.9 Å².